The molecule has 0 aliphatic heterocycles. The summed E-state index contributed by atoms with van der Waals surface area (Å²) in [6.07, 6.45) is 13.8. The van der Waals surface area contributed by atoms with E-state index in [1.807, 2.05) is 0 Å². The Morgan fingerprint density at radius 1 is 0.741 bits per heavy atom. The first-order valence-corrected chi connectivity index (χ1v) is 11.3. The van der Waals surface area contributed by atoms with E-state index in [4.69, 9.17) is 11.5 Å². The molecule has 0 fully saturated rings. The van der Waals surface area contributed by atoms with Crippen molar-refractivity contribution in [2.75, 3.05) is 52.4 Å². The molecule has 0 saturated carbocycles. The lowest BCUT2D eigenvalue weighted by molar-refractivity contribution is -0.121. The lowest BCUT2D eigenvalue weighted by Gasteiger charge is -2.21. The van der Waals surface area contributed by atoms with Gasteiger partial charge in [0, 0.05) is 58.8 Å². The molecule has 1 amide bonds. The van der Waals surface area contributed by atoms with Crippen LogP contribution in [0.4, 0.5) is 0 Å². The summed E-state index contributed by atoms with van der Waals surface area (Å²) >= 11 is 0. The average Bonchev–Trinajstić information content (AvgIpc) is 2.67. The van der Waals surface area contributed by atoms with Crippen LogP contribution in [0.2, 0.25) is 0 Å². The molecule has 0 aromatic rings. The average molecular weight is 386 g/mol. The Bertz CT molecular complexity index is 315. The maximum absolute atomic E-state index is 12.0. The van der Waals surface area contributed by atoms with Crippen LogP contribution in [0.25, 0.3) is 0 Å². The molecular formula is C21H47N5O. The van der Waals surface area contributed by atoms with Crippen molar-refractivity contribution in [3.63, 3.8) is 0 Å². The molecule has 6 nitrogen and oxygen atoms in total. The second-order valence-corrected chi connectivity index (χ2v) is 7.45. The number of amides is 1. The van der Waals surface area contributed by atoms with Crippen LogP contribution in [0, 0.1) is 0 Å². The van der Waals surface area contributed by atoms with Crippen molar-refractivity contribution < 1.29 is 4.79 Å². The van der Waals surface area contributed by atoms with Gasteiger partial charge in [-0.25, -0.2) is 0 Å². The number of hydrogen-bond acceptors (Lipinski definition) is 5. The molecule has 0 radical (unpaired) electrons. The van der Waals surface area contributed by atoms with E-state index in [-0.39, 0.29) is 5.91 Å². The van der Waals surface area contributed by atoms with Gasteiger partial charge in [0.15, 0.2) is 0 Å². The fourth-order valence-electron chi connectivity index (χ4n) is 3.17. The van der Waals surface area contributed by atoms with Crippen molar-refractivity contribution in [2.24, 2.45) is 11.5 Å². The van der Waals surface area contributed by atoms with Crippen molar-refractivity contribution in [1.29, 1.82) is 0 Å². The van der Waals surface area contributed by atoms with Gasteiger partial charge in [-0.15, -0.1) is 0 Å². The predicted molar refractivity (Wildman–Crippen MR) is 117 cm³/mol. The van der Waals surface area contributed by atoms with Crippen LogP contribution >= 0.6 is 0 Å². The molecule has 0 atom stereocenters. The summed E-state index contributed by atoms with van der Waals surface area (Å²) in [6.45, 7) is 8.56. The summed E-state index contributed by atoms with van der Waals surface area (Å²) < 4.78 is 0. The van der Waals surface area contributed by atoms with E-state index in [1.165, 1.54) is 57.8 Å². The summed E-state index contributed by atoms with van der Waals surface area (Å²) in [5, 5.41) is 6.33. The van der Waals surface area contributed by atoms with E-state index in [0.717, 1.165) is 45.7 Å². The highest BCUT2D eigenvalue weighted by molar-refractivity contribution is 5.75. The first-order valence-electron chi connectivity index (χ1n) is 11.3. The molecule has 0 saturated heterocycles. The molecule has 0 unspecified atom stereocenters. The standard InChI is InChI=1S/C21H47N5O/c1-2-3-4-5-6-7-8-9-10-11-15-25-21(27)12-18-26(19-14-23)20-17-24-16-13-22/h24H,2-20,22-23H2,1H3,(H,25,27). The molecule has 0 aliphatic rings. The Kier molecular flexibility index (Phi) is 21.1. The molecular weight excluding hydrogens is 338 g/mol. The largest absolute Gasteiger partial charge is 0.356 e. The third-order valence-electron chi connectivity index (χ3n) is 4.88. The molecule has 0 spiro atoms. The van der Waals surface area contributed by atoms with E-state index in [9.17, 15) is 4.79 Å². The van der Waals surface area contributed by atoms with Crippen LogP contribution in [0.5, 0.6) is 0 Å². The van der Waals surface area contributed by atoms with Crippen LogP contribution in [0.15, 0.2) is 0 Å². The fraction of sp³-hybridized carbons (Fsp3) is 0.952. The Balaban J connectivity index is 3.50. The minimum Gasteiger partial charge on any atom is -0.356 e. The summed E-state index contributed by atoms with van der Waals surface area (Å²) in [4.78, 5) is 14.2. The number of carbonyl (C=O) groups excluding carboxylic acids is 1. The van der Waals surface area contributed by atoms with Crippen LogP contribution in [-0.2, 0) is 4.79 Å². The number of carbonyl (C=O) groups is 1. The molecule has 6 heteroatoms. The van der Waals surface area contributed by atoms with Crippen molar-refractivity contribution in [3.05, 3.63) is 0 Å². The van der Waals surface area contributed by atoms with Gasteiger partial charge < -0.3 is 27.0 Å². The maximum Gasteiger partial charge on any atom is 0.221 e. The van der Waals surface area contributed by atoms with Crippen molar-refractivity contribution in [3.8, 4) is 0 Å². The summed E-state index contributed by atoms with van der Waals surface area (Å²) in [5.74, 6) is 0.155. The third-order valence-corrected chi connectivity index (χ3v) is 4.88. The quantitative estimate of drug-likeness (QED) is 0.227. The molecule has 0 aromatic heterocycles. The fourth-order valence-corrected chi connectivity index (χ4v) is 3.17. The molecule has 0 bridgehead atoms. The van der Waals surface area contributed by atoms with E-state index in [0.29, 0.717) is 19.5 Å². The maximum atomic E-state index is 12.0. The van der Waals surface area contributed by atoms with Gasteiger partial charge in [0.2, 0.25) is 5.91 Å². The second-order valence-electron chi connectivity index (χ2n) is 7.45. The highest BCUT2D eigenvalue weighted by Gasteiger charge is 2.07. The molecule has 0 heterocycles. The zero-order chi connectivity index (χ0) is 20.0. The molecule has 27 heavy (non-hydrogen) atoms. The van der Waals surface area contributed by atoms with Crippen LogP contribution < -0.4 is 22.1 Å². The summed E-state index contributed by atoms with van der Waals surface area (Å²) in [6, 6.07) is 0. The summed E-state index contributed by atoms with van der Waals surface area (Å²) in [5.41, 5.74) is 11.1. The number of hydrogen-bond donors (Lipinski definition) is 4. The van der Waals surface area contributed by atoms with E-state index in [1.54, 1.807) is 0 Å². The highest BCUT2D eigenvalue weighted by Crippen LogP contribution is 2.10. The number of nitrogens with one attached hydrogen (secondary N) is 2. The predicted octanol–water partition coefficient (Wildman–Crippen LogP) is 2.22. The second kappa shape index (κ2) is 21.6. The van der Waals surface area contributed by atoms with Crippen LogP contribution in [0.1, 0.15) is 77.6 Å². The van der Waals surface area contributed by atoms with E-state index >= 15 is 0 Å². The van der Waals surface area contributed by atoms with Gasteiger partial charge in [-0.1, -0.05) is 64.7 Å². The topological polar surface area (TPSA) is 96.4 Å². The van der Waals surface area contributed by atoms with Crippen LogP contribution in [0.3, 0.4) is 0 Å². The van der Waals surface area contributed by atoms with Gasteiger partial charge in [-0.2, -0.15) is 0 Å². The normalized spacial score (nSPS) is 11.3. The van der Waals surface area contributed by atoms with Gasteiger partial charge in [-0.05, 0) is 6.42 Å². The Hall–Kier alpha value is -0.690. The van der Waals surface area contributed by atoms with Gasteiger partial charge in [0.1, 0.15) is 0 Å². The smallest absolute Gasteiger partial charge is 0.221 e. The Morgan fingerprint density at radius 3 is 1.96 bits per heavy atom. The molecule has 162 valence electrons. The molecule has 0 aromatic carbocycles. The van der Waals surface area contributed by atoms with Crippen molar-refractivity contribution in [2.45, 2.75) is 77.6 Å². The molecule has 0 rings (SSSR count). The van der Waals surface area contributed by atoms with Gasteiger partial charge >= 0.3 is 0 Å². The number of nitrogens with zero attached hydrogens (tertiary/aromatic N) is 1. The Labute approximate surface area is 168 Å². The zero-order valence-corrected chi connectivity index (χ0v) is 17.9. The van der Waals surface area contributed by atoms with E-state index < -0.39 is 0 Å². The number of nitrogens with two attached hydrogens (primary N) is 2. The minimum absolute atomic E-state index is 0.155. The number of unbranched alkanes of at least 4 members (excludes halogenated alkanes) is 9. The molecule has 0 aliphatic carbocycles. The lowest BCUT2D eigenvalue weighted by Crippen LogP contribution is -2.39. The van der Waals surface area contributed by atoms with Crippen LogP contribution in [-0.4, -0.2) is 63.2 Å². The third kappa shape index (κ3) is 19.9. The van der Waals surface area contributed by atoms with Gasteiger partial charge in [0.05, 0.1) is 0 Å². The first-order chi connectivity index (χ1) is 13.2. The first kappa shape index (κ1) is 26.3. The van der Waals surface area contributed by atoms with Gasteiger partial charge in [0.25, 0.3) is 0 Å². The molecule has 6 N–H and O–H groups in total. The Morgan fingerprint density at radius 2 is 1.37 bits per heavy atom. The van der Waals surface area contributed by atoms with E-state index in [2.05, 4.69) is 22.5 Å². The zero-order valence-electron chi connectivity index (χ0n) is 17.9. The monoisotopic (exact) mass is 385 g/mol. The van der Waals surface area contributed by atoms with Crippen molar-refractivity contribution in [1.82, 2.24) is 15.5 Å². The van der Waals surface area contributed by atoms with Gasteiger partial charge in [-0.3, -0.25) is 4.79 Å². The minimum atomic E-state index is 0.155. The SMILES string of the molecule is CCCCCCCCCCCCNC(=O)CCN(CCN)CCNCCN. The number of rotatable bonds is 21. The van der Waals surface area contributed by atoms with Crippen molar-refractivity contribution >= 4 is 5.91 Å². The lowest BCUT2D eigenvalue weighted by atomic mass is 10.1. The summed E-state index contributed by atoms with van der Waals surface area (Å²) in [7, 11) is 0. The highest BCUT2D eigenvalue weighted by atomic mass is 16.1.